The zero-order valence-electron chi connectivity index (χ0n) is 25.8. The van der Waals surface area contributed by atoms with Crippen molar-refractivity contribution in [3.8, 4) is 44.9 Å². The molecule has 3 heterocycles. The zero-order valence-corrected chi connectivity index (χ0v) is 25.8. The van der Waals surface area contributed by atoms with Crippen LogP contribution in [0.25, 0.3) is 99.3 Å². The molecule has 10 aromatic rings. The first kappa shape index (κ1) is 25.6. The Morgan fingerprint density at radius 1 is 0.417 bits per heavy atom. The van der Waals surface area contributed by atoms with E-state index in [-0.39, 0.29) is 0 Å². The number of benzene rings is 7. The molecule has 4 nitrogen and oxygen atoms in total. The molecule has 0 bridgehead atoms. The van der Waals surface area contributed by atoms with Crippen LogP contribution >= 0.6 is 0 Å². The van der Waals surface area contributed by atoms with E-state index in [1.165, 1.54) is 88.0 Å². The lowest BCUT2D eigenvalue weighted by Crippen LogP contribution is -1.95. The van der Waals surface area contributed by atoms with Crippen molar-refractivity contribution >= 4 is 54.4 Å². The predicted octanol–water partition coefficient (Wildman–Crippen LogP) is 11.1. The van der Waals surface area contributed by atoms with Gasteiger partial charge in [-0.3, -0.25) is 0 Å². The van der Waals surface area contributed by atoms with Crippen LogP contribution in [0, 0.1) is 0 Å². The molecule has 0 saturated carbocycles. The van der Waals surface area contributed by atoms with Gasteiger partial charge in [-0.15, -0.1) is 0 Å². The summed E-state index contributed by atoms with van der Waals surface area (Å²) in [5, 5.41) is 7.47. The predicted molar refractivity (Wildman–Crippen MR) is 198 cm³/mol. The second kappa shape index (κ2) is 9.50. The monoisotopic (exact) mass is 610 g/mol. The van der Waals surface area contributed by atoms with E-state index in [1.54, 1.807) is 6.33 Å². The Hall–Kier alpha value is -6.52. The summed E-state index contributed by atoms with van der Waals surface area (Å²) in [7, 11) is 0. The molecular weight excluding hydrogens is 585 g/mol. The van der Waals surface area contributed by atoms with Gasteiger partial charge in [0, 0.05) is 55.3 Å². The Morgan fingerprint density at radius 3 is 1.79 bits per heavy atom. The molecule has 7 aromatic carbocycles. The number of fused-ring (bicyclic) bond motifs is 9. The van der Waals surface area contributed by atoms with Gasteiger partial charge < -0.3 is 9.13 Å². The molecule has 0 aliphatic heterocycles. The van der Waals surface area contributed by atoms with Crippen molar-refractivity contribution in [1.29, 1.82) is 0 Å². The van der Waals surface area contributed by atoms with Crippen LogP contribution in [0.4, 0.5) is 0 Å². The van der Waals surface area contributed by atoms with Gasteiger partial charge in [0.25, 0.3) is 0 Å². The molecule has 1 aliphatic carbocycles. The molecule has 11 rings (SSSR count). The summed E-state index contributed by atoms with van der Waals surface area (Å²) in [6, 6.07) is 53.1. The van der Waals surface area contributed by atoms with Gasteiger partial charge >= 0.3 is 0 Å². The van der Waals surface area contributed by atoms with Crippen molar-refractivity contribution in [3.05, 3.63) is 158 Å². The average molecular weight is 611 g/mol. The molecule has 0 radical (unpaired) electrons. The molecule has 1 aliphatic rings. The first-order chi connectivity index (χ1) is 23.8. The highest BCUT2D eigenvalue weighted by molar-refractivity contribution is 6.18. The molecule has 0 atom stereocenters. The highest BCUT2D eigenvalue weighted by atomic mass is 15.0. The third kappa shape index (κ3) is 3.38. The van der Waals surface area contributed by atoms with Crippen molar-refractivity contribution in [1.82, 2.24) is 19.1 Å². The summed E-state index contributed by atoms with van der Waals surface area (Å²) in [6.07, 6.45) is 3.59. The summed E-state index contributed by atoms with van der Waals surface area (Å²) < 4.78 is 4.80. The van der Waals surface area contributed by atoms with E-state index in [4.69, 9.17) is 0 Å². The molecule has 0 N–H and O–H groups in total. The van der Waals surface area contributed by atoms with Crippen LogP contribution in [0.1, 0.15) is 0 Å². The maximum atomic E-state index is 4.66. The number of aromatic nitrogens is 4. The van der Waals surface area contributed by atoms with E-state index in [0.717, 1.165) is 11.3 Å². The van der Waals surface area contributed by atoms with Crippen molar-refractivity contribution in [2.45, 2.75) is 0 Å². The molecule has 0 fully saturated rings. The lowest BCUT2D eigenvalue weighted by Gasteiger charge is -2.13. The van der Waals surface area contributed by atoms with Gasteiger partial charge in [-0.25, -0.2) is 9.97 Å². The summed E-state index contributed by atoms with van der Waals surface area (Å²) in [4.78, 5) is 9.01. The molecule has 222 valence electrons. The summed E-state index contributed by atoms with van der Waals surface area (Å²) in [5.41, 5.74) is 14.1. The maximum absolute atomic E-state index is 4.66. The van der Waals surface area contributed by atoms with Gasteiger partial charge in [-0.05, 0) is 71.3 Å². The van der Waals surface area contributed by atoms with E-state index in [1.807, 2.05) is 6.20 Å². The molecule has 0 unspecified atom stereocenters. The minimum absolute atomic E-state index is 1.01. The lowest BCUT2D eigenvalue weighted by atomic mass is 10.0. The Kier molecular flexibility index (Phi) is 5.08. The summed E-state index contributed by atoms with van der Waals surface area (Å²) >= 11 is 0. The topological polar surface area (TPSA) is 35.6 Å². The minimum Gasteiger partial charge on any atom is -0.309 e. The molecule has 48 heavy (non-hydrogen) atoms. The number of rotatable bonds is 3. The number of hydrogen-bond acceptors (Lipinski definition) is 2. The number of hydrogen-bond donors (Lipinski definition) is 0. The minimum atomic E-state index is 1.01. The van der Waals surface area contributed by atoms with Crippen LogP contribution in [0.15, 0.2) is 158 Å². The first-order valence-corrected chi connectivity index (χ1v) is 16.3. The normalized spacial score (nSPS) is 12.2. The Morgan fingerprint density at radius 2 is 1.04 bits per heavy atom. The Balaban J connectivity index is 1.13. The molecule has 0 amide bonds. The van der Waals surface area contributed by atoms with E-state index >= 15 is 0 Å². The van der Waals surface area contributed by atoms with Crippen molar-refractivity contribution in [3.63, 3.8) is 0 Å². The van der Waals surface area contributed by atoms with Gasteiger partial charge in [0.05, 0.1) is 33.4 Å². The summed E-state index contributed by atoms with van der Waals surface area (Å²) in [6.45, 7) is 0. The largest absolute Gasteiger partial charge is 0.309 e. The van der Waals surface area contributed by atoms with E-state index in [0.29, 0.717) is 0 Å². The van der Waals surface area contributed by atoms with Gasteiger partial charge in [-0.1, -0.05) is 91.0 Å². The van der Waals surface area contributed by atoms with Crippen LogP contribution < -0.4 is 0 Å². The van der Waals surface area contributed by atoms with Gasteiger partial charge in [0.2, 0.25) is 0 Å². The smallest absolute Gasteiger partial charge is 0.116 e. The van der Waals surface area contributed by atoms with Crippen LogP contribution in [-0.2, 0) is 0 Å². The molecule has 0 spiro atoms. The zero-order chi connectivity index (χ0) is 31.3. The van der Waals surface area contributed by atoms with Gasteiger partial charge in [-0.2, -0.15) is 0 Å². The van der Waals surface area contributed by atoms with Crippen molar-refractivity contribution in [2.75, 3.05) is 0 Å². The molecule has 3 aromatic heterocycles. The molecular formula is C44H26N4. The maximum Gasteiger partial charge on any atom is 0.116 e. The average Bonchev–Trinajstić information content (AvgIpc) is 3.78. The Bertz CT molecular complexity index is 2920. The highest BCUT2D eigenvalue weighted by Gasteiger charge is 2.25. The van der Waals surface area contributed by atoms with E-state index in [9.17, 15) is 0 Å². The summed E-state index contributed by atoms with van der Waals surface area (Å²) in [5.74, 6) is 0. The van der Waals surface area contributed by atoms with Gasteiger partial charge in [0.1, 0.15) is 6.33 Å². The van der Waals surface area contributed by atoms with Crippen LogP contribution in [0.2, 0.25) is 0 Å². The highest BCUT2D eigenvalue weighted by Crippen LogP contribution is 2.48. The third-order valence-electron chi connectivity index (χ3n) is 10.2. The second-order valence-corrected chi connectivity index (χ2v) is 12.6. The Labute approximate surface area is 275 Å². The fraction of sp³-hybridized carbons (Fsp3) is 0. The van der Waals surface area contributed by atoms with Crippen molar-refractivity contribution in [2.24, 2.45) is 0 Å². The van der Waals surface area contributed by atoms with E-state index in [2.05, 4.69) is 165 Å². The number of para-hydroxylation sites is 3. The van der Waals surface area contributed by atoms with Crippen LogP contribution in [0.5, 0.6) is 0 Å². The molecule has 4 heteroatoms. The van der Waals surface area contributed by atoms with Gasteiger partial charge in [0.15, 0.2) is 0 Å². The van der Waals surface area contributed by atoms with Crippen molar-refractivity contribution < 1.29 is 0 Å². The quantitative estimate of drug-likeness (QED) is 0.199. The lowest BCUT2D eigenvalue weighted by molar-refractivity contribution is 1.18. The fourth-order valence-corrected chi connectivity index (χ4v) is 8.17. The fourth-order valence-electron chi connectivity index (χ4n) is 8.17. The number of nitrogens with zero attached hydrogens (tertiary/aromatic N) is 4. The standard InChI is InChI=1S/C44H26N4/c1-2-9-29(10-3-1)47-38-15-6-4-11-30(38)35-23-27(17-20-41(35)47)28-18-21-42-36(24-28)31-12-5-7-16-39(31)48(42)40-22-19-32-37-25-45-26-46-44(37)34-14-8-13-33(40)43(32)34/h1-26H. The second-order valence-electron chi connectivity index (χ2n) is 12.6. The van der Waals surface area contributed by atoms with E-state index < -0.39 is 0 Å². The first-order valence-electron chi connectivity index (χ1n) is 16.3. The SMILES string of the molecule is c1ccc(-n2c3ccccc3c3cc(-c4ccc5c(c4)c4ccccc4n5-c4ccc5c6c(cccc46)-c4ncncc4-5)ccc32)cc1. The van der Waals surface area contributed by atoms with Crippen LogP contribution in [0.3, 0.4) is 0 Å². The third-order valence-corrected chi connectivity index (χ3v) is 10.2. The molecule has 0 saturated heterocycles. The van der Waals surface area contributed by atoms with Crippen LogP contribution in [-0.4, -0.2) is 19.1 Å².